The van der Waals surface area contributed by atoms with Crippen molar-refractivity contribution in [2.24, 2.45) is 10.3 Å². The summed E-state index contributed by atoms with van der Waals surface area (Å²) in [5, 5.41) is 8.61. The van der Waals surface area contributed by atoms with Crippen LogP contribution in [0.2, 0.25) is 0 Å². The lowest BCUT2D eigenvalue weighted by Crippen LogP contribution is -2.48. The lowest BCUT2D eigenvalue weighted by atomic mass is 9.84. The normalized spacial score (nSPS) is 21.8. The van der Waals surface area contributed by atoms with E-state index in [0.717, 1.165) is 16.8 Å². The molecule has 4 nitrogen and oxygen atoms in total. The number of rotatable bonds is 2. The van der Waals surface area contributed by atoms with Gasteiger partial charge in [0.25, 0.3) is 0 Å². The Hall–Kier alpha value is -2.01. The fourth-order valence-corrected chi connectivity index (χ4v) is 3.90. The van der Waals surface area contributed by atoms with E-state index in [2.05, 4.69) is 17.3 Å². The van der Waals surface area contributed by atoms with Crippen LogP contribution in [0, 0.1) is 0 Å². The van der Waals surface area contributed by atoms with Crippen molar-refractivity contribution in [3.05, 3.63) is 65.7 Å². The van der Waals surface area contributed by atoms with Gasteiger partial charge in [0.05, 0.1) is 10.4 Å². The maximum atomic E-state index is 13.1. The quantitative estimate of drug-likeness (QED) is 0.786. The topological polar surface area (TPSA) is 45.0 Å². The molecule has 0 aliphatic carbocycles. The van der Waals surface area contributed by atoms with Gasteiger partial charge in [-0.25, -0.2) is 4.21 Å². The highest BCUT2D eigenvalue weighted by molar-refractivity contribution is 7.84. The molecule has 2 aromatic rings. The smallest absolute Gasteiger partial charge is 0.143 e. The molecule has 0 bridgehead atoms. The van der Waals surface area contributed by atoms with E-state index in [0.29, 0.717) is 0 Å². The molecule has 0 N–H and O–H groups in total. The minimum Gasteiger partial charge on any atom is -0.235 e. The Morgan fingerprint density at radius 3 is 2.26 bits per heavy atom. The summed E-state index contributed by atoms with van der Waals surface area (Å²) in [5.74, 6) is 0. The summed E-state index contributed by atoms with van der Waals surface area (Å²) < 4.78 is 14.3. The van der Waals surface area contributed by atoms with E-state index in [1.807, 2.05) is 75.4 Å². The molecule has 1 aliphatic heterocycles. The van der Waals surface area contributed by atoms with Crippen LogP contribution in [0.3, 0.4) is 0 Å². The van der Waals surface area contributed by atoms with Crippen molar-refractivity contribution >= 4 is 16.7 Å². The van der Waals surface area contributed by atoms with Crippen LogP contribution in [0.15, 0.2) is 64.9 Å². The molecule has 0 aromatic heterocycles. The fourth-order valence-electron chi connectivity index (χ4n) is 2.74. The predicted molar refractivity (Wildman–Crippen MR) is 93.6 cm³/mol. The lowest BCUT2D eigenvalue weighted by Gasteiger charge is -2.42. The molecule has 2 aromatic carbocycles. The Morgan fingerprint density at radius 2 is 1.61 bits per heavy atom. The molecule has 1 aliphatic rings. The molecule has 0 radical (unpaired) electrons. The van der Waals surface area contributed by atoms with Gasteiger partial charge in [-0.05, 0) is 39.3 Å². The number of hydrogen-bond acceptors (Lipinski definition) is 3. The van der Waals surface area contributed by atoms with Crippen LogP contribution in [-0.2, 0) is 16.5 Å². The van der Waals surface area contributed by atoms with Crippen molar-refractivity contribution in [1.82, 2.24) is 4.41 Å². The van der Waals surface area contributed by atoms with Crippen LogP contribution in [0.25, 0.3) is 0 Å². The first kappa shape index (κ1) is 15.9. The highest BCUT2D eigenvalue weighted by Crippen LogP contribution is 2.46. The van der Waals surface area contributed by atoms with Crippen LogP contribution in [0.5, 0.6) is 0 Å². The van der Waals surface area contributed by atoms with Crippen molar-refractivity contribution in [2.75, 3.05) is 0 Å². The molecule has 2 atom stereocenters. The van der Waals surface area contributed by atoms with Gasteiger partial charge in [0.15, 0.2) is 0 Å². The Bertz CT molecular complexity index is 767. The van der Waals surface area contributed by atoms with E-state index in [1.165, 1.54) is 0 Å². The third-order valence-corrected chi connectivity index (χ3v) is 5.86. The van der Waals surface area contributed by atoms with Crippen molar-refractivity contribution in [3.63, 3.8) is 0 Å². The number of nitrogens with zero attached hydrogens (tertiary/aromatic N) is 3. The third kappa shape index (κ3) is 2.59. The van der Waals surface area contributed by atoms with Crippen molar-refractivity contribution in [3.8, 4) is 0 Å². The SMILES string of the molecule is CC1(c2ccccc2)c2ccccc2N=NN1S(=O)C(C)(C)C. The molecule has 0 amide bonds. The first-order valence-corrected chi connectivity index (χ1v) is 8.75. The van der Waals surface area contributed by atoms with Crippen LogP contribution in [0.4, 0.5) is 5.69 Å². The maximum Gasteiger partial charge on any atom is 0.143 e. The number of hydrogen-bond donors (Lipinski definition) is 0. The number of fused-ring (bicyclic) bond motifs is 1. The Morgan fingerprint density at radius 1 is 1.00 bits per heavy atom. The van der Waals surface area contributed by atoms with Gasteiger partial charge >= 0.3 is 0 Å². The summed E-state index contributed by atoms with van der Waals surface area (Å²) in [6.07, 6.45) is 0. The molecule has 3 rings (SSSR count). The maximum absolute atomic E-state index is 13.1. The summed E-state index contributed by atoms with van der Waals surface area (Å²) in [7, 11) is -1.33. The predicted octanol–water partition coefficient (Wildman–Crippen LogP) is 4.73. The second-order valence-electron chi connectivity index (χ2n) is 6.78. The van der Waals surface area contributed by atoms with E-state index >= 15 is 0 Å². The monoisotopic (exact) mass is 327 g/mol. The van der Waals surface area contributed by atoms with Gasteiger partial charge in [-0.15, -0.1) is 5.11 Å². The average molecular weight is 327 g/mol. The summed E-state index contributed by atoms with van der Waals surface area (Å²) in [5.41, 5.74) is 2.25. The molecule has 1 heterocycles. The number of benzene rings is 2. The minimum atomic E-state index is -1.33. The molecule has 0 saturated carbocycles. The molecular weight excluding hydrogens is 306 g/mol. The van der Waals surface area contributed by atoms with Crippen LogP contribution in [0.1, 0.15) is 38.8 Å². The van der Waals surface area contributed by atoms with E-state index in [1.54, 1.807) is 4.41 Å². The first-order valence-electron chi connectivity index (χ1n) is 7.64. The van der Waals surface area contributed by atoms with Crippen molar-refractivity contribution in [1.29, 1.82) is 0 Å². The molecule has 5 heteroatoms. The second-order valence-corrected chi connectivity index (χ2v) is 8.85. The highest BCUT2D eigenvalue weighted by Gasteiger charge is 2.45. The van der Waals surface area contributed by atoms with E-state index in [-0.39, 0.29) is 0 Å². The standard InChI is InChI=1S/C18H21N3OS/c1-17(2,3)23(22)21-18(4,14-10-6-5-7-11-14)15-12-8-9-13-16(15)19-20-21/h5-13H,1-4H3. The average Bonchev–Trinajstić information content (AvgIpc) is 2.55. The van der Waals surface area contributed by atoms with E-state index in [4.69, 9.17) is 0 Å². The van der Waals surface area contributed by atoms with Crippen LogP contribution >= 0.6 is 0 Å². The van der Waals surface area contributed by atoms with Gasteiger partial charge in [0.2, 0.25) is 0 Å². The zero-order chi connectivity index (χ0) is 16.7. The van der Waals surface area contributed by atoms with Crippen molar-refractivity contribution in [2.45, 2.75) is 38.0 Å². The molecule has 23 heavy (non-hydrogen) atoms. The fraction of sp³-hybridized carbons (Fsp3) is 0.333. The Labute approximate surface area is 139 Å². The summed E-state index contributed by atoms with van der Waals surface area (Å²) >= 11 is 0. The largest absolute Gasteiger partial charge is 0.235 e. The Kier molecular flexibility index (Phi) is 3.84. The van der Waals surface area contributed by atoms with Crippen LogP contribution < -0.4 is 0 Å². The van der Waals surface area contributed by atoms with Gasteiger partial charge < -0.3 is 0 Å². The van der Waals surface area contributed by atoms with Gasteiger partial charge in [-0.2, -0.15) is 4.41 Å². The second kappa shape index (κ2) is 5.57. The third-order valence-electron chi connectivity index (χ3n) is 4.06. The van der Waals surface area contributed by atoms with Crippen LogP contribution in [-0.4, -0.2) is 13.4 Å². The van der Waals surface area contributed by atoms with Gasteiger partial charge in [-0.1, -0.05) is 53.8 Å². The van der Waals surface area contributed by atoms with Gasteiger partial charge in [0.1, 0.15) is 16.5 Å². The molecule has 0 fully saturated rings. The molecule has 0 saturated heterocycles. The van der Waals surface area contributed by atoms with E-state index in [9.17, 15) is 4.21 Å². The van der Waals surface area contributed by atoms with Crippen molar-refractivity contribution < 1.29 is 4.21 Å². The summed E-state index contributed by atoms with van der Waals surface area (Å²) in [6.45, 7) is 7.91. The first-order chi connectivity index (χ1) is 10.8. The summed E-state index contributed by atoms with van der Waals surface area (Å²) in [4.78, 5) is 0. The van der Waals surface area contributed by atoms with E-state index < -0.39 is 21.3 Å². The highest BCUT2D eigenvalue weighted by atomic mass is 32.2. The Balaban J connectivity index is 2.24. The summed E-state index contributed by atoms with van der Waals surface area (Å²) in [6, 6.07) is 18.0. The zero-order valence-corrected chi connectivity index (χ0v) is 14.7. The van der Waals surface area contributed by atoms with Gasteiger partial charge in [-0.3, -0.25) is 0 Å². The lowest BCUT2D eigenvalue weighted by molar-refractivity contribution is 0.249. The molecular formula is C18H21N3OS. The zero-order valence-electron chi connectivity index (χ0n) is 13.9. The minimum absolute atomic E-state index is 0.429. The molecule has 0 spiro atoms. The molecule has 2 unspecified atom stereocenters. The molecule has 120 valence electrons. The van der Waals surface area contributed by atoms with Gasteiger partial charge in [0, 0.05) is 5.56 Å².